The van der Waals surface area contributed by atoms with Crippen LogP contribution in [0.5, 0.6) is 0 Å². The Hall–Kier alpha value is -3.12. The summed E-state index contributed by atoms with van der Waals surface area (Å²) in [6, 6.07) is 22.5. The summed E-state index contributed by atoms with van der Waals surface area (Å²) in [4.78, 5) is 0. The van der Waals surface area contributed by atoms with E-state index in [1.165, 1.54) is 44.5 Å². The average Bonchev–Trinajstić information content (AvgIpc) is 3.00. The van der Waals surface area contributed by atoms with Crippen LogP contribution < -0.4 is 0 Å². The number of allylic oxidation sites excluding steroid dienone is 6. The van der Waals surface area contributed by atoms with E-state index in [4.69, 9.17) is 0 Å². The molecule has 0 spiro atoms. The van der Waals surface area contributed by atoms with E-state index in [1.807, 2.05) is 13.8 Å². The molecule has 0 aromatic heterocycles. The van der Waals surface area contributed by atoms with Gasteiger partial charge in [-0.2, -0.15) is 0 Å². The van der Waals surface area contributed by atoms with E-state index < -0.39 is 0 Å². The van der Waals surface area contributed by atoms with Crippen molar-refractivity contribution >= 4 is 0 Å². The monoisotopic (exact) mass is 434 g/mol. The van der Waals surface area contributed by atoms with Gasteiger partial charge in [0.05, 0.1) is 0 Å². The molecule has 0 heteroatoms. The second-order valence-corrected chi connectivity index (χ2v) is 8.77. The molecule has 0 saturated heterocycles. The van der Waals surface area contributed by atoms with Gasteiger partial charge in [-0.3, -0.25) is 0 Å². The maximum atomic E-state index is 2.43. The van der Waals surface area contributed by atoms with Crippen LogP contribution in [0.3, 0.4) is 0 Å². The number of benzene rings is 3. The maximum absolute atomic E-state index is 2.43. The Morgan fingerprint density at radius 1 is 0.818 bits per heavy atom. The molecule has 0 heterocycles. The molecule has 0 nitrogen and oxygen atoms in total. The van der Waals surface area contributed by atoms with Crippen molar-refractivity contribution in [1.29, 1.82) is 0 Å². The first-order valence-corrected chi connectivity index (χ1v) is 12.3. The van der Waals surface area contributed by atoms with Crippen molar-refractivity contribution in [3.8, 4) is 22.3 Å². The van der Waals surface area contributed by atoms with Crippen molar-refractivity contribution in [2.45, 2.75) is 59.8 Å². The molecule has 0 aliphatic heterocycles. The minimum absolute atomic E-state index is 0.0944. The number of hydrogen-bond donors (Lipinski definition) is 0. The molecule has 0 saturated carbocycles. The molecule has 0 N–H and O–H groups in total. The van der Waals surface area contributed by atoms with Crippen LogP contribution in [0.1, 0.15) is 56.4 Å². The van der Waals surface area contributed by atoms with Gasteiger partial charge in [-0.25, -0.2) is 0 Å². The highest BCUT2D eigenvalue weighted by Crippen LogP contribution is 2.38. The van der Waals surface area contributed by atoms with Crippen LogP contribution in [0.4, 0.5) is 0 Å². The molecule has 0 fully saturated rings. The Morgan fingerprint density at radius 2 is 1.55 bits per heavy atom. The molecular weight excluding hydrogens is 396 g/mol. The standard InChI is InChI=1S/C31H32.C2H6/c1-5-6-10-20-31(4)21-11-9-14-25-18-19-26(22-30(25)31)28-16-12-17-29(24(28)3)27-15-8-7-13-23(27)2;1-2/h5-8,10-13,15-22H,9,14H2,1-4H3;1-2H3/b6-5-,20-10-;. The molecule has 1 unspecified atom stereocenters. The number of aryl methyl sites for hydroxylation is 2. The molecule has 0 bridgehead atoms. The normalized spacial score (nSPS) is 17.5. The summed E-state index contributed by atoms with van der Waals surface area (Å²) in [5.74, 6) is 0. The summed E-state index contributed by atoms with van der Waals surface area (Å²) < 4.78 is 0. The van der Waals surface area contributed by atoms with E-state index >= 15 is 0 Å². The van der Waals surface area contributed by atoms with Crippen molar-refractivity contribution in [1.82, 2.24) is 0 Å². The van der Waals surface area contributed by atoms with Gasteiger partial charge < -0.3 is 0 Å². The first kappa shape index (κ1) is 24.5. The van der Waals surface area contributed by atoms with Crippen molar-refractivity contribution in [2.75, 3.05) is 0 Å². The van der Waals surface area contributed by atoms with E-state index in [1.54, 1.807) is 0 Å². The van der Waals surface area contributed by atoms with Crippen LogP contribution in [0.2, 0.25) is 0 Å². The predicted molar refractivity (Wildman–Crippen MR) is 147 cm³/mol. The second kappa shape index (κ2) is 11.1. The minimum atomic E-state index is -0.0944. The van der Waals surface area contributed by atoms with E-state index in [-0.39, 0.29) is 5.41 Å². The quantitative estimate of drug-likeness (QED) is 0.283. The topological polar surface area (TPSA) is 0 Å². The fourth-order valence-electron chi connectivity index (χ4n) is 4.75. The molecule has 0 amide bonds. The number of fused-ring (bicyclic) bond motifs is 1. The summed E-state index contributed by atoms with van der Waals surface area (Å²) in [6.07, 6.45) is 15.6. The molecule has 1 aliphatic rings. The molecular formula is C33H38. The van der Waals surface area contributed by atoms with E-state index in [2.05, 4.69) is 125 Å². The second-order valence-electron chi connectivity index (χ2n) is 8.77. The Labute approximate surface area is 201 Å². The van der Waals surface area contributed by atoms with Gasteiger partial charge in [-0.05, 0) is 91.1 Å². The lowest BCUT2D eigenvalue weighted by atomic mass is 9.78. The van der Waals surface area contributed by atoms with Gasteiger partial charge in [-0.1, -0.05) is 105 Å². The third kappa shape index (κ3) is 5.28. The van der Waals surface area contributed by atoms with Crippen LogP contribution in [-0.4, -0.2) is 0 Å². The third-order valence-electron chi connectivity index (χ3n) is 6.56. The molecule has 33 heavy (non-hydrogen) atoms. The van der Waals surface area contributed by atoms with E-state index in [0.717, 1.165) is 12.8 Å². The lowest BCUT2D eigenvalue weighted by molar-refractivity contribution is 0.752. The zero-order valence-corrected chi connectivity index (χ0v) is 21.2. The molecule has 0 radical (unpaired) electrons. The van der Waals surface area contributed by atoms with Crippen LogP contribution in [0.25, 0.3) is 22.3 Å². The minimum Gasteiger partial charge on any atom is -0.0877 e. The van der Waals surface area contributed by atoms with Crippen LogP contribution in [0, 0.1) is 13.8 Å². The van der Waals surface area contributed by atoms with Crippen LogP contribution >= 0.6 is 0 Å². The predicted octanol–water partition coefficient (Wildman–Crippen LogP) is 9.56. The van der Waals surface area contributed by atoms with Gasteiger partial charge in [0, 0.05) is 5.41 Å². The smallest absolute Gasteiger partial charge is 0.0289 e. The first-order valence-electron chi connectivity index (χ1n) is 12.3. The Morgan fingerprint density at radius 3 is 2.30 bits per heavy atom. The highest BCUT2D eigenvalue weighted by atomic mass is 14.3. The Bertz CT molecular complexity index is 1170. The fourth-order valence-corrected chi connectivity index (χ4v) is 4.75. The largest absolute Gasteiger partial charge is 0.0877 e. The summed E-state index contributed by atoms with van der Waals surface area (Å²) in [5, 5.41) is 0. The average molecular weight is 435 g/mol. The van der Waals surface area contributed by atoms with Gasteiger partial charge in [0.15, 0.2) is 0 Å². The van der Waals surface area contributed by atoms with Crippen molar-refractivity contribution in [3.05, 3.63) is 119 Å². The molecule has 1 aliphatic carbocycles. The SMILES string of the molecule is C/C=C\C=C/C1(C)C=CCCc2ccc(-c3cccc(-c4ccccc4C)c3C)cc21.CC. The zero-order valence-electron chi connectivity index (χ0n) is 21.2. The molecule has 1 atom stereocenters. The van der Waals surface area contributed by atoms with Gasteiger partial charge in [-0.15, -0.1) is 0 Å². The van der Waals surface area contributed by atoms with E-state index in [9.17, 15) is 0 Å². The summed E-state index contributed by atoms with van der Waals surface area (Å²) >= 11 is 0. The van der Waals surface area contributed by atoms with E-state index in [0.29, 0.717) is 0 Å². The molecule has 170 valence electrons. The first-order chi connectivity index (χ1) is 16.0. The lowest BCUT2D eigenvalue weighted by Crippen LogP contribution is -2.17. The van der Waals surface area contributed by atoms with Gasteiger partial charge in [0.1, 0.15) is 0 Å². The van der Waals surface area contributed by atoms with Crippen molar-refractivity contribution in [2.24, 2.45) is 0 Å². The molecule has 3 aromatic carbocycles. The fraction of sp³-hybridized carbons (Fsp3) is 0.273. The van der Waals surface area contributed by atoms with Gasteiger partial charge in [0.25, 0.3) is 0 Å². The van der Waals surface area contributed by atoms with Gasteiger partial charge in [0.2, 0.25) is 0 Å². The maximum Gasteiger partial charge on any atom is 0.0289 e. The van der Waals surface area contributed by atoms with Crippen LogP contribution in [-0.2, 0) is 11.8 Å². The summed E-state index contributed by atoms with van der Waals surface area (Å²) in [6.45, 7) is 12.8. The Balaban J connectivity index is 0.00000149. The van der Waals surface area contributed by atoms with Crippen LogP contribution in [0.15, 0.2) is 97.1 Å². The third-order valence-corrected chi connectivity index (χ3v) is 6.56. The molecule has 4 rings (SSSR count). The van der Waals surface area contributed by atoms with Gasteiger partial charge >= 0.3 is 0 Å². The summed E-state index contributed by atoms with van der Waals surface area (Å²) in [5.41, 5.74) is 10.7. The Kier molecular flexibility index (Phi) is 8.28. The molecule has 3 aromatic rings. The van der Waals surface area contributed by atoms with Crippen molar-refractivity contribution in [3.63, 3.8) is 0 Å². The highest BCUT2D eigenvalue weighted by molar-refractivity contribution is 5.80. The summed E-state index contributed by atoms with van der Waals surface area (Å²) in [7, 11) is 0. The number of rotatable bonds is 4. The number of hydrogen-bond acceptors (Lipinski definition) is 0. The highest BCUT2D eigenvalue weighted by Gasteiger charge is 2.25. The zero-order chi connectivity index (χ0) is 23.8. The van der Waals surface area contributed by atoms with Crippen molar-refractivity contribution < 1.29 is 0 Å². The lowest BCUT2D eigenvalue weighted by Gasteiger charge is -2.26.